The van der Waals surface area contributed by atoms with E-state index in [4.69, 9.17) is 4.42 Å². The molecule has 2 aromatic carbocycles. The number of aliphatic carboxylic acids is 1. The van der Waals surface area contributed by atoms with Crippen LogP contribution in [-0.4, -0.2) is 30.9 Å². The monoisotopic (exact) mass is 452 g/mol. The molecule has 0 spiro atoms. The Kier molecular flexibility index (Phi) is 5.48. The molecule has 5 rings (SSSR count). The van der Waals surface area contributed by atoms with E-state index in [1.165, 1.54) is 5.56 Å². The number of carboxylic acids is 1. The number of fused-ring (bicyclic) bond motifs is 4. The predicted octanol–water partition coefficient (Wildman–Crippen LogP) is 4.82. The van der Waals surface area contributed by atoms with Gasteiger partial charge >= 0.3 is 5.97 Å². The zero-order chi connectivity index (χ0) is 22.2. The molecule has 0 fully saturated rings. The summed E-state index contributed by atoms with van der Waals surface area (Å²) in [5.41, 5.74) is 4.14. The Balaban J connectivity index is 1.46. The smallest absolute Gasteiger partial charge is 0.327 e. The molecule has 0 saturated carbocycles. The molecule has 1 aliphatic carbocycles. The van der Waals surface area contributed by atoms with Crippen molar-refractivity contribution in [2.75, 3.05) is 4.31 Å². The minimum absolute atomic E-state index is 0.177. The lowest BCUT2D eigenvalue weighted by molar-refractivity contribution is -0.138. The van der Waals surface area contributed by atoms with Crippen LogP contribution < -0.4 is 4.31 Å². The number of furan rings is 1. The summed E-state index contributed by atoms with van der Waals surface area (Å²) in [6.45, 7) is 0. The fraction of sp³-hybridized carbons (Fsp3) is 0.292. The van der Waals surface area contributed by atoms with E-state index in [-0.39, 0.29) is 6.42 Å². The van der Waals surface area contributed by atoms with Gasteiger partial charge in [-0.1, -0.05) is 18.2 Å². The number of nitrogens with one attached hydrogen (secondary N) is 1. The second-order valence-corrected chi connectivity index (χ2v) is 9.05. The number of carboxylic acid groups (broad SMARTS) is 1. The maximum atomic E-state index is 12.3. The number of carbonyl (C=O) groups is 1. The van der Waals surface area contributed by atoms with Gasteiger partial charge < -0.3 is 14.5 Å². The van der Waals surface area contributed by atoms with Crippen LogP contribution in [0.25, 0.3) is 21.9 Å². The highest BCUT2D eigenvalue weighted by Gasteiger charge is 2.31. The van der Waals surface area contributed by atoms with Crippen LogP contribution in [0.1, 0.15) is 36.1 Å². The minimum atomic E-state index is -2.51. The summed E-state index contributed by atoms with van der Waals surface area (Å²) >= 11 is -2.51. The molecule has 0 bridgehead atoms. The number of para-hydroxylation sites is 1. The molecular weight excluding hydrogens is 428 g/mol. The Morgan fingerprint density at radius 3 is 2.78 bits per heavy atom. The van der Waals surface area contributed by atoms with E-state index in [1.54, 1.807) is 12.1 Å². The van der Waals surface area contributed by atoms with Gasteiger partial charge in [0.15, 0.2) is 0 Å². The van der Waals surface area contributed by atoms with Gasteiger partial charge in [0.1, 0.15) is 17.4 Å². The first-order valence-electron chi connectivity index (χ1n) is 10.7. The second-order valence-electron chi connectivity index (χ2n) is 8.20. The van der Waals surface area contributed by atoms with Crippen molar-refractivity contribution in [2.24, 2.45) is 0 Å². The van der Waals surface area contributed by atoms with Gasteiger partial charge in [-0.05, 0) is 55.9 Å². The van der Waals surface area contributed by atoms with Crippen molar-refractivity contribution in [1.82, 2.24) is 4.98 Å². The highest BCUT2D eigenvalue weighted by atomic mass is 32.2. The van der Waals surface area contributed by atoms with E-state index in [9.17, 15) is 18.7 Å². The molecule has 0 amide bonds. The fourth-order valence-corrected chi connectivity index (χ4v) is 5.45. The molecule has 166 valence electrons. The third-order valence-corrected chi connectivity index (χ3v) is 7.10. The van der Waals surface area contributed by atoms with Crippen LogP contribution in [0.3, 0.4) is 0 Å². The Labute approximate surface area is 187 Å². The Hall–Kier alpha value is -3.10. The van der Waals surface area contributed by atoms with Crippen LogP contribution in [0.15, 0.2) is 53.1 Å². The zero-order valence-electron chi connectivity index (χ0n) is 17.4. The number of anilines is 1. The van der Waals surface area contributed by atoms with Gasteiger partial charge in [-0.3, -0.25) is 8.86 Å². The molecule has 0 saturated heterocycles. The first-order valence-corrected chi connectivity index (χ1v) is 11.8. The summed E-state index contributed by atoms with van der Waals surface area (Å²) in [6.07, 6.45) is 6.54. The SMILES string of the molecule is O=C(O)C(CCc1c[nH]c2ccccc12)N(c1ccc2c3c(oc2c1)CCCC3)S(=O)O. The maximum Gasteiger partial charge on any atom is 0.327 e. The van der Waals surface area contributed by atoms with E-state index in [1.807, 2.05) is 36.5 Å². The van der Waals surface area contributed by atoms with Gasteiger partial charge in [-0.2, -0.15) is 0 Å². The summed E-state index contributed by atoms with van der Waals surface area (Å²) in [6, 6.07) is 11.9. The number of hydrogen-bond donors (Lipinski definition) is 3. The van der Waals surface area contributed by atoms with Crippen molar-refractivity contribution in [1.29, 1.82) is 0 Å². The molecule has 32 heavy (non-hydrogen) atoms. The zero-order valence-corrected chi connectivity index (χ0v) is 18.2. The number of aromatic amines is 1. The first-order chi connectivity index (χ1) is 15.5. The van der Waals surface area contributed by atoms with Crippen molar-refractivity contribution in [3.63, 3.8) is 0 Å². The lowest BCUT2D eigenvalue weighted by Crippen LogP contribution is -2.42. The molecule has 2 aromatic heterocycles. The Bertz CT molecular complexity index is 1320. The van der Waals surface area contributed by atoms with Crippen LogP contribution in [0.4, 0.5) is 5.69 Å². The molecule has 2 heterocycles. The fourth-order valence-electron chi connectivity index (χ4n) is 4.74. The minimum Gasteiger partial charge on any atom is -0.480 e. The van der Waals surface area contributed by atoms with Crippen molar-refractivity contribution in [3.05, 3.63) is 65.5 Å². The molecule has 0 aliphatic heterocycles. The Morgan fingerprint density at radius 1 is 1.16 bits per heavy atom. The van der Waals surface area contributed by atoms with Gasteiger partial charge in [0.25, 0.3) is 11.3 Å². The normalized spacial score (nSPS) is 15.5. The van der Waals surface area contributed by atoms with E-state index in [0.717, 1.165) is 57.6 Å². The highest BCUT2D eigenvalue weighted by Crippen LogP contribution is 2.35. The molecule has 8 heteroatoms. The number of H-pyrrole nitrogens is 1. The Morgan fingerprint density at radius 2 is 1.97 bits per heavy atom. The van der Waals surface area contributed by atoms with Crippen LogP contribution in [0, 0.1) is 0 Å². The van der Waals surface area contributed by atoms with Crippen molar-refractivity contribution < 1.29 is 23.1 Å². The van der Waals surface area contributed by atoms with E-state index in [2.05, 4.69) is 4.98 Å². The predicted molar refractivity (Wildman–Crippen MR) is 124 cm³/mol. The molecule has 2 atom stereocenters. The van der Waals surface area contributed by atoms with Gasteiger partial charge in [0.2, 0.25) is 0 Å². The van der Waals surface area contributed by atoms with Gasteiger partial charge in [0, 0.05) is 40.5 Å². The summed E-state index contributed by atoms with van der Waals surface area (Å²) in [7, 11) is 0. The quantitative estimate of drug-likeness (QED) is 0.349. The highest BCUT2D eigenvalue weighted by molar-refractivity contribution is 7.80. The van der Waals surface area contributed by atoms with Crippen molar-refractivity contribution in [2.45, 2.75) is 44.6 Å². The van der Waals surface area contributed by atoms with Gasteiger partial charge in [0.05, 0.1) is 5.69 Å². The van der Waals surface area contributed by atoms with E-state index >= 15 is 0 Å². The second kappa shape index (κ2) is 8.44. The summed E-state index contributed by atoms with van der Waals surface area (Å²) < 4.78 is 29.4. The molecule has 2 unspecified atom stereocenters. The molecule has 3 N–H and O–H groups in total. The maximum absolute atomic E-state index is 12.3. The number of aromatic nitrogens is 1. The number of rotatable bonds is 7. The molecule has 4 aromatic rings. The molecule has 1 aliphatic rings. The lowest BCUT2D eigenvalue weighted by atomic mass is 9.96. The number of benzene rings is 2. The van der Waals surface area contributed by atoms with E-state index < -0.39 is 23.3 Å². The third kappa shape index (κ3) is 3.69. The van der Waals surface area contributed by atoms with Crippen LogP contribution in [0.2, 0.25) is 0 Å². The van der Waals surface area contributed by atoms with Gasteiger partial charge in [-0.25, -0.2) is 9.00 Å². The third-order valence-electron chi connectivity index (χ3n) is 6.29. The first kappa shape index (κ1) is 20.8. The number of aryl methyl sites for hydroxylation is 3. The summed E-state index contributed by atoms with van der Waals surface area (Å²) in [4.78, 5) is 15.3. The van der Waals surface area contributed by atoms with Crippen molar-refractivity contribution in [3.8, 4) is 0 Å². The van der Waals surface area contributed by atoms with Crippen LogP contribution >= 0.6 is 0 Å². The topological polar surface area (TPSA) is 107 Å². The van der Waals surface area contributed by atoms with Gasteiger partial charge in [-0.15, -0.1) is 0 Å². The van der Waals surface area contributed by atoms with E-state index in [0.29, 0.717) is 17.7 Å². The molecule has 0 radical (unpaired) electrons. The lowest BCUT2D eigenvalue weighted by Gasteiger charge is -2.26. The summed E-state index contributed by atoms with van der Waals surface area (Å²) in [5, 5.41) is 11.9. The average Bonchev–Trinajstić information content (AvgIpc) is 3.36. The molecule has 7 nitrogen and oxygen atoms in total. The number of nitrogens with zero attached hydrogens (tertiary/aromatic N) is 1. The standard InChI is InChI=1S/C24H24N2O5S/c27-24(28)21(12-9-15-14-25-20-7-3-1-5-17(15)20)26(32(29)30)16-10-11-19-18-6-2-4-8-22(18)31-23(19)13-16/h1,3,5,7,10-11,13-14,21,25H,2,4,6,8-9,12H2,(H,27,28)(H,29,30). The van der Waals surface area contributed by atoms with Crippen LogP contribution in [-0.2, 0) is 35.3 Å². The largest absolute Gasteiger partial charge is 0.480 e. The van der Waals surface area contributed by atoms with Crippen molar-refractivity contribution >= 4 is 44.8 Å². The summed E-state index contributed by atoms with van der Waals surface area (Å²) in [5.74, 6) is -0.180. The molecular formula is C24H24N2O5S. The van der Waals surface area contributed by atoms with Crippen LogP contribution in [0.5, 0.6) is 0 Å². The number of hydrogen-bond acceptors (Lipinski definition) is 3. The average molecular weight is 453 g/mol.